The van der Waals surface area contributed by atoms with E-state index in [1.807, 2.05) is 11.3 Å². The molecule has 0 radical (unpaired) electrons. The summed E-state index contributed by atoms with van der Waals surface area (Å²) in [6.07, 6.45) is 0. The molecule has 0 aliphatic rings. The number of hydrogen-bond acceptors (Lipinski definition) is 1. The molecule has 10 aromatic rings. The highest BCUT2D eigenvalue weighted by molar-refractivity contribution is 7.26. The third-order valence-electron chi connectivity index (χ3n) is 9.82. The molecule has 1 aromatic heterocycles. The van der Waals surface area contributed by atoms with Gasteiger partial charge >= 0.3 is 0 Å². The van der Waals surface area contributed by atoms with E-state index in [0.29, 0.717) is 0 Å². The smallest absolute Gasteiger partial charge is 0.0440 e. The van der Waals surface area contributed by atoms with E-state index in [1.54, 1.807) is 0 Å². The zero-order chi connectivity index (χ0) is 30.9. The van der Waals surface area contributed by atoms with Crippen LogP contribution in [-0.4, -0.2) is 0 Å². The molecule has 0 nitrogen and oxygen atoms in total. The van der Waals surface area contributed by atoms with Crippen LogP contribution < -0.4 is 0 Å². The topological polar surface area (TPSA) is 0 Å². The molecule has 1 heterocycles. The first-order valence-corrected chi connectivity index (χ1v) is 17.0. The molecule has 0 fully saturated rings. The van der Waals surface area contributed by atoms with Gasteiger partial charge in [-0.05, 0) is 101 Å². The minimum absolute atomic E-state index is 1.22. The van der Waals surface area contributed by atoms with Crippen LogP contribution in [0.5, 0.6) is 0 Å². The van der Waals surface area contributed by atoms with Crippen LogP contribution in [0.2, 0.25) is 0 Å². The summed E-state index contributed by atoms with van der Waals surface area (Å²) >= 11 is 1.91. The molecule has 1 heteroatoms. The lowest BCUT2D eigenvalue weighted by Gasteiger charge is -2.11. The molecular weight excluding hydrogens is 585 g/mol. The van der Waals surface area contributed by atoms with Crippen molar-refractivity contribution in [1.82, 2.24) is 0 Å². The van der Waals surface area contributed by atoms with Gasteiger partial charge in [0.15, 0.2) is 0 Å². The quantitative estimate of drug-likeness (QED) is 0.174. The molecule has 0 amide bonds. The Morgan fingerprint density at radius 3 is 1.47 bits per heavy atom. The maximum atomic E-state index is 2.40. The molecule has 10 rings (SSSR count). The van der Waals surface area contributed by atoms with E-state index >= 15 is 0 Å². The highest BCUT2D eigenvalue weighted by Crippen LogP contribution is 2.42. The largest absolute Gasteiger partial charge is 0.135 e. The summed E-state index contributed by atoms with van der Waals surface area (Å²) in [5, 5.41) is 13.1. The molecule has 0 aliphatic heterocycles. The summed E-state index contributed by atoms with van der Waals surface area (Å²) in [6.45, 7) is 0. The third-order valence-corrected chi connectivity index (χ3v) is 11.0. The van der Waals surface area contributed by atoms with Crippen molar-refractivity contribution in [3.63, 3.8) is 0 Å². The van der Waals surface area contributed by atoms with Crippen LogP contribution in [0.15, 0.2) is 170 Å². The van der Waals surface area contributed by atoms with Gasteiger partial charge in [-0.1, -0.05) is 140 Å². The lowest BCUT2D eigenvalue weighted by atomic mass is 9.93. The molecule has 0 saturated carbocycles. The van der Waals surface area contributed by atoms with Gasteiger partial charge in [0, 0.05) is 25.6 Å². The highest BCUT2D eigenvalue weighted by atomic mass is 32.1. The van der Waals surface area contributed by atoms with Gasteiger partial charge in [0.2, 0.25) is 0 Å². The lowest BCUT2D eigenvalue weighted by molar-refractivity contribution is 1.59. The number of hydrogen-bond donors (Lipinski definition) is 0. The van der Waals surface area contributed by atoms with Crippen LogP contribution in [0, 0.1) is 0 Å². The van der Waals surface area contributed by atoms with E-state index in [2.05, 4.69) is 170 Å². The minimum atomic E-state index is 1.22. The predicted octanol–water partition coefficient (Wildman–Crippen LogP) is 13.7. The monoisotopic (exact) mass is 612 g/mol. The average molecular weight is 613 g/mol. The van der Waals surface area contributed by atoms with Crippen LogP contribution in [0.4, 0.5) is 0 Å². The Bertz CT molecular complexity index is 2850. The number of thiophene rings is 1. The van der Waals surface area contributed by atoms with Gasteiger partial charge in [-0.25, -0.2) is 0 Å². The summed E-state index contributed by atoms with van der Waals surface area (Å²) in [7, 11) is 0. The van der Waals surface area contributed by atoms with Crippen LogP contribution in [0.1, 0.15) is 0 Å². The van der Waals surface area contributed by atoms with E-state index in [-0.39, 0.29) is 0 Å². The predicted molar refractivity (Wildman–Crippen MR) is 206 cm³/mol. The van der Waals surface area contributed by atoms with E-state index < -0.39 is 0 Å². The van der Waals surface area contributed by atoms with E-state index in [0.717, 1.165) is 0 Å². The maximum Gasteiger partial charge on any atom is 0.0440 e. The molecule has 0 atom stereocenters. The molecule has 9 aromatic carbocycles. The van der Waals surface area contributed by atoms with Crippen LogP contribution >= 0.6 is 11.3 Å². The lowest BCUT2D eigenvalue weighted by Crippen LogP contribution is -1.85. The van der Waals surface area contributed by atoms with Gasteiger partial charge < -0.3 is 0 Å². The molecule has 218 valence electrons. The first kappa shape index (κ1) is 26.5. The molecule has 0 unspecified atom stereocenters. The van der Waals surface area contributed by atoms with Crippen molar-refractivity contribution in [3.8, 4) is 33.4 Å². The van der Waals surface area contributed by atoms with Gasteiger partial charge in [0.25, 0.3) is 0 Å². The SMILES string of the molecule is c1cc(-c2cccc(-c3ccc4ccc5ccc6c7ccccc7sc6c5c4c3)c2)cc(-c2ccc3ccc4ccccc4c3c2)c1. The molecular formula is C46H28S. The fourth-order valence-corrected chi connectivity index (χ4v) is 8.71. The number of rotatable bonds is 3. The minimum Gasteiger partial charge on any atom is -0.135 e. The molecule has 0 saturated heterocycles. The van der Waals surface area contributed by atoms with Crippen LogP contribution in [0.25, 0.3) is 96.6 Å². The maximum absolute atomic E-state index is 2.40. The Balaban J connectivity index is 1.08. The van der Waals surface area contributed by atoms with E-state index in [9.17, 15) is 0 Å². The van der Waals surface area contributed by atoms with Crippen LogP contribution in [0.3, 0.4) is 0 Å². The Morgan fingerprint density at radius 1 is 0.277 bits per heavy atom. The second-order valence-electron chi connectivity index (χ2n) is 12.5. The second-order valence-corrected chi connectivity index (χ2v) is 13.6. The number of fused-ring (bicyclic) bond motifs is 10. The van der Waals surface area contributed by atoms with E-state index in [4.69, 9.17) is 0 Å². The van der Waals surface area contributed by atoms with Crippen molar-refractivity contribution >= 4 is 74.6 Å². The number of benzene rings is 9. The van der Waals surface area contributed by atoms with Crippen molar-refractivity contribution in [2.45, 2.75) is 0 Å². The first-order chi connectivity index (χ1) is 23.3. The zero-order valence-electron chi connectivity index (χ0n) is 25.6. The molecule has 0 bridgehead atoms. The average Bonchev–Trinajstić information content (AvgIpc) is 3.53. The Morgan fingerprint density at radius 2 is 0.766 bits per heavy atom. The van der Waals surface area contributed by atoms with Crippen molar-refractivity contribution < 1.29 is 0 Å². The van der Waals surface area contributed by atoms with Crippen LogP contribution in [-0.2, 0) is 0 Å². The normalized spacial score (nSPS) is 11.8. The molecule has 0 aliphatic carbocycles. The fraction of sp³-hybridized carbons (Fsp3) is 0. The summed E-state index contributed by atoms with van der Waals surface area (Å²) in [5.41, 5.74) is 7.38. The molecule has 47 heavy (non-hydrogen) atoms. The molecule has 0 spiro atoms. The van der Waals surface area contributed by atoms with Gasteiger partial charge in [0.05, 0.1) is 0 Å². The summed E-state index contributed by atoms with van der Waals surface area (Å²) < 4.78 is 2.72. The Kier molecular flexibility index (Phi) is 5.85. The summed E-state index contributed by atoms with van der Waals surface area (Å²) in [6, 6.07) is 62.8. The van der Waals surface area contributed by atoms with Crippen molar-refractivity contribution in [2.75, 3.05) is 0 Å². The van der Waals surface area contributed by atoms with Gasteiger partial charge in [0.1, 0.15) is 0 Å². The van der Waals surface area contributed by atoms with E-state index in [1.165, 1.54) is 96.6 Å². The van der Waals surface area contributed by atoms with Gasteiger partial charge in [-0.2, -0.15) is 0 Å². The molecule has 0 N–H and O–H groups in total. The van der Waals surface area contributed by atoms with Crippen molar-refractivity contribution in [3.05, 3.63) is 170 Å². The Hall–Kier alpha value is -5.76. The van der Waals surface area contributed by atoms with Gasteiger partial charge in [-0.15, -0.1) is 11.3 Å². The second kappa shape index (κ2) is 10.4. The van der Waals surface area contributed by atoms with Crippen molar-refractivity contribution in [2.24, 2.45) is 0 Å². The van der Waals surface area contributed by atoms with Gasteiger partial charge in [-0.3, -0.25) is 0 Å². The zero-order valence-corrected chi connectivity index (χ0v) is 26.4. The standard InChI is InChI=1S/C46H28S/c1-2-12-39-29(7-1)15-16-30-18-21-37(27-42(30)39)35-10-5-8-33(25-35)34-9-6-11-36(26-34)38-22-19-31-17-20-32-23-24-41-40-13-3-4-14-44(40)47-46(41)45(32)43(31)28-38/h1-28H. The first-order valence-electron chi connectivity index (χ1n) is 16.2. The highest BCUT2D eigenvalue weighted by Gasteiger charge is 2.12. The fourth-order valence-electron chi connectivity index (χ4n) is 7.44. The summed E-state index contributed by atoms with van der Waals surface area (Å²) in [4.78, 5) is 0. The summed E-state index contributed by atoms with van der Waals surface area (Å²) in [5.74, 6) is 0. The van der Waals surface area contributed by atoms with Crippen molar-refractivity contribution in [1.29, 1.82) is 0 Å². The third kappa shape index (κ3) is 4.28. The Labute approximate surface area is 276 Å².